The van der Waals surface area contributed by atoms with E-state index in [0.717, 1.165) is 0 Å². The number of nitrogens with one attached hydrogen (secondary N) is 1. The van der Waals surface area contributed by atoms with E-state index in [4.69, 9.17) is 0 Å². The third-order valence-electron chi connectivity index (χ3n) is 3.52. The highest BCUT2D eigenvalue weighted by Gasteiger charge is 2.04. The Bertz CT molecular complexity index is 987. The van der Waals surface area contributed by atoms with Crippen molar-refractivity contribution in [2.24, 2.45) is 15.3 Å². The first kappa shape index (κ1) is 17.9. The van der Waals surface area contributed by atoms with Crippen LogP contribution in [-0.2, 0) is 0 Å². The molecule has 3 aromatic rings. The average Bonchev–Trinajstić information content (AvgIpc) is 2.69. The number of carbonyl (C=O) groups is 1. The molecule has 0 aliphatic heterocycles. The Labute approximate surface area is 154 Å². The molecule has 0 aromatic heterocycles. The number of nitrogens with zero attached hydrogens (tertiary/aromatic N) is 3. The quantitative estimate of drug-likeness (QED) is 0.391. The Hall–Kier alpha value is -3.87. The molecular weight excluding hydrogens is 347 g/mol. The molecule has 134 valence electrons. The number of phenolic OH excluding ortho intramolecular Hbond substituents is 1. The van der Waals surface area contributed by atoms with Gasteiger partial charge in [-0.2, -0.15) is 15.3 Å². The van der Waals surface area contributed by atoms with Crippen LogP contribution in [0.2, 0.25) is 0 Å². The average molecular weight is 362 g/mol. The Morgan fingerprint density at radius 2 is 1.63 bits per heavy atom. The maximum absolute atomic E-state index is 12.9. The molecule has 6 nitrogen and oxygen atoms in total. The van der Waals surface area contributed by atoms with Gasteiger partial charge in [0.1, 0.15) is 11.6 Å². The van der Waals surface area contributed by atoms with Gasteiger partial charge < -0.3 is 5.11 Å². The van der Waals surface area contributed by atoms with Crippen LogP contribution in [0, 0.1) is 5.82 Å². The zero-order valence-electron chi connectivity index (χ0n) is 14.1. The van der Waals surface area contributed by atoms with Crippen LogP contribution in [0.3, 0.4) is 0 Å². The third-order valence-corrected chi connectivity index (χ3v) is 3.52. The molecule has 0 saturated carbocycles. The minimum Gasteiger partial charge on any atom is -0.507 e. The predicted octanol–water partition coefficient (Wildman–Crippen LogP) is 4.71. The van der Waals surface area contributed by atoms with Crippen LogP contribution < -0.4 is 5.43 Å². The number of hydrogen-bond acceptors (Lipinski definition) is 5. The Kier molecular flexibility index (Phi) is 5.64. The zero-order valence-corrected chi connectivity index (χ0v) is 14.1. The van der Waals surface area contributed by atoms with E-state index in [2.05, 4.69) is 20.8 Å². The van der Waals surface area contributed by atoms with Gasteiger partial charge >= 0.3 is 0 Å². The molecule has 0 fully saturated rings. The van der Waals surface area contributed by atoms with Gasteiger partial charge in [0.05, 0.1) is 17.6 Å². The second-order valence-electron chi connectivity index (χ2n) is 5.48. The highest BCUT2D eigenvalue weighted by molar-refractivity contribution is 5.95. The first-order chi connectivity index (χ1) is 13.1. The van der Waals surface area contributed by atoms with Gasteiger partial charge in [-0.15, -0.1) is 0 Å². The zero-order chi connectivity index (χ0) is 19.1. The molecule has 3 aromatic carbocycles. The number of benzene rings is 3. The van der Waals surface area contributed by atoms with E-state index in [0.29, 0.717) is 16.9 Å². The molecule has 3 rings (SSSR count). The molecule has 0 radical (unpaired) electrons. The summed E-state index contributed by atoms with van der Waals surface area (Å²) in [7, 11) is 0. The summed E-state index contributed by atoms with van der Waals surface area (Å²) in [6.45, 7) is 0. The van der Waals surface area contributed by atoms with Crippen molar-refractivity contribution in [2.75, 3.05) is 0 Å². The summed E-state index contributed by atoms with van der Waals surface area (Å²) in [6.07, 6.45) is 1.29. The monoisotopic (exact) mass is 362 g/mol. The molecule has 0 heterocycles. The Morgan fingerprint density at radius 1 is 0.926 bits per heavy atom. The number of phenols is 1. The highest BCUT2D eigenvalue weighted by atomic mass is 19.1. The van der Waals surface area contributed by atoms with Gasteiger partial charge in [-0.05, 0) is 54.6 Å². The number of halogens is 1. The number of carbonyl (C=O) groups excluding carboxylic acids is 1. The lowest BCUT2D eigenvalue weighted by molar-refractivity contribution is 0.0955. The van der Waals surface area contributed by atoms with Gasteiger partial charge in [0.25, 0.3) is 5.91 Å². The lowest BCUT2D eigenvalue weighted by Crippen LogP contribution is -2.17. The van der Waals surface area contributed by atoms with Crippen molar-refractivity contribution in [2.45, 2.75) is 0 Å². The Balaban J connectivity index is 1.69. The maximum atomic E-state index is 12.9. The second-order valence-corrected chi connectivity index (χ2v) is 5.48. The molecule has 0 bridgehead atoms. The van der Waals surface area contributed by atoms with Gasteiger partial charge in [0.2, 0.25) is 0 Å². The lowest BCUT2D eigenvalue weighted by atomic mass is 10.2. The van der Waals surface area contributed by atoms with Crippen LogP contribution in [0.25, 0.3) is 0 Å². The van der Waals surface area contributed by atoms with Crippen LogP contribution in [0.4, 0.5) is 15.8 Å². The van der Waals surface area contributed by atoms with Gasteiger partial charge in [-0.3, -0.25) is 4.79 Å². The smallest absolute Gasteiger partial charge is 0.271 e. The van der Waals surface area contributed by atoms with E-state index in [1.165, 1.54) is 36.5 Å². The van der Waals surface area contributed by atoms with Crippen LogP contribution in [0.5, 0.6) is 5.75 Å². The highest BCUT2D eigenvalue weighted by Crippen LogP contribution is 2.23. The molecule has 0 atom stereocenters. The standard InChI is InChI=1S/C20H15FN4O2/c21-16-8-6-14(7-9-16)20(27)25-22-13-15-12-18(10-11-19(15)26)24-23-17-4-2-1-3-5-17/h1-13,26H,(H,25,27). The minimum atomic E-state index is -0.495. The molecule has 27 heavy (non-hydrogen) atoms. The first-order valence-corrected chi connectivity index (χ1v) is 8.00. The fourth-order valence-corrected chi connectivity index (χ4v) is 2.14. The van der Waals surface area contributed by atoms with E-state index in [-0.39, 0.29) is 11.3 Å². The van der Waals surface area contributed by atoms with Crippen molar-refractivity contribution >= 4 is 23.5 Å². The van der Waals surface area contributed by atoms with E-state index < -0.39 is 11.7 Å². The van der Waals surface area contributed by atoms with Crippen molar-refractivity contribution in [3.05, 3.63) is 89.7 Å². The molecule has 0 spiro atoms. The summed E-state index contributed by atoms with van der Waals surface area (Å²) in [4.78, 5) is 11.9. The van der Waals surface area contributed by atoms with Crippen LogP contribution in [0.15, 0.2) is 88.1 Å². The van der Waals surface area contributed by atoms with Gasteiger partial charge in [0.15, 0.2) is 0 Å². The van der Waals surface area contributed by atoms with Crippen molar-refractivity contribution < 1.29 is 14.3 Å². The minimum absolute atomic E-state index is 0.0200. The molecule has 2 N–H and O–H groups in total. The Morgan fingerprint density at radius 3 is 2.37 bits per heavy atom. The van der Waals surface area contributed by atoms with E-state index in [1.807, 2.05) is 30.3 Å². The van der Waals surface area contributed by atoms with E-state index in [1.54, 1.807) is 12.1 Å². The van der Waals surface area contributed by atoms with Gasteiger partial charge in [-0.1, -0.05) is 18.2 Å². The summed E-state index contributed by atoms with van der Waals surface area (Å²) in [5, 5.41) is 21.9. The number of rotatable bonds is 5. The maximum Gasteiger partial charge on any atom is 0.271 e. The van der Waals surface area contributed by atoms with Gasteiger partial charge in [-0.25, -0.2) is 9.82 Å². The topological polar surface area (TPSA) is 86.4 Å². The summed E-state index contributed by atoms with van der Waals surface area (Å²) in [5.41, 5.74) is 4.16. The second kappa shape index (κ2) is 8.48. The predicted molar refractivity (Wildman–Crippen MR) is 100 cm³/mol. The number of amides is 1. The number of hydrazone groups is 1. The molecule has 7 heteroatoms. The van der Waals surface area contributed by atoms with Crippen molar-refractivity contribution in [1.82, 2.24) is 5.43 Å². The molecule has 0 aliphatic carbocycles. The van der Waals surface area contributed by atoms with Crippen molar-refractivity contribution in [1.29, 1.82) is 0 Å². The SMILES string of the molecule is O=C(NN=Cc1cc(N=Nc2ccccc2)ccc1O)c1ccc(F)cc1. The molecule has 0 saturated heterocycles. The molecule has 0 unspecified atom stereocenters. The first-order valence-electron chi connectivity index (χ1n) is 8.00. The van der Waals surface area contributed by atoms with Crippen molar-refractivity contribution in [3.8, 4) is 5.75 Å². The van der Waals surface area contributed by atoms with E-state index >= 15 is 0 Å². The summed E-state index contributed by atoms with van der Waals surface area (Å²) >= 11 is 0. The third kappa shape index (κ3) is 5.05. The van der Waals surface area contributed by atoms with Crippen LogP contribution >= 0.6 is 0 Å². The van der Waals surface area contributed by atoms with Crippen LogP contribution in [0.1, 0.15) is 15.9 Å². The normalized spacial score (nSPS) is 11.1. The summed E-state index contributed by atoms with van der Waals surface area (Å²) < 4.78 is 12.9. The van der Waals surface area contributed by atoms with Gasteiger partial charge in [0, 0.05) is 11.1 Å². The number of hydrogen-bond donors (Lipinski definition) is 2. The fraction of sp³-hybridized carbons (Fsp3) is 0. The van der Waals surface area contributed by atoms with E-state index in [9.17, 15) is 14.3 Å². The largest absolute Gasteiger partial charge is 0.507 e. The van der Waals surface area contributed by atoms with Crippen LogP contribution in [-0.4, -0.2) is 17.2 Å². The molecular formula is C20H15FN4O2. The molecule has 1 amide bonds. The number of aromatic hydroxyl groups is 1. The summed E-state index contributed by atoms with van der Waals surface area (Å²) in [6, 6.07) is 18.9. The fourth-order valence-electron chi connectivity index (χ4n) is 2.14. The molecule has 0 aliphatic rings. The summed E-state index contributed by atoms with van der Waals surface area (Å²) in [5.74, 6) is -0.944. The number of azo groups is 1. The van der Waals surface area contributed by atoms with Crippen molar-refractivity contribution in [3.63, 3.8) is 0 Å². The lowest BCUT2D eigenvalue weighted by Gasteiger charge is -2.01.